The predicted octanol–water partition coefficient (Wildman–Crippen LogP) is 3.51. The zero-order valence-electron chi connectivity index (χ0n) is 15.2. The third-order valence-electron chi connectivity index (χ3n) is 4.07. The first-order valence-electron chi connectivity index (χ1n) is 7.98. The standard InChI is InChI=1S/C12H31O5Si5/c1-9-13-21(7,12(2)3)10-11-22(8)16-19(5)14-18(4)15-20(6)17-22/h12H,9-11H2,1-8H3. The Labute approximate surface area is 143 Å². The van der Waals surface area contributed by atoms with Gasteiger partial charge in [0, 0.05) is 6.61 Å². The molecule has 1 atom stereocenters. The van der Waals surface area contributed by atoms with E-state index in [1.165, 1.54) is 0 Å². The third kappa shape index (κ3) is 6.41. The minimum absolute atomic E-state index is 0.592. The summed E-state index contributed by atoms with van der Waals surface area (Å²) in [4.78, 5) is 0. The largest absolute Gasteiger partial charge is 0.417 e. The third-order valence-corrected chi connectivity index (χ3v) is 20.7. The molecular formula is C12H31O5Si5. The molecule has 1 heterocycles. The van der Waals surface area contributed by atoms with Crippen LogP contribution >= 0.6 is 0 Å². The van der Waals surface area contributed by atoms with Crippen LogP contribution in [0, 0.1) is 0 Å². The predicted molar refractivity (Wildman–Crippen MR) is 98.8 cm³/mol. The maximum atomic E-state index is 6.31. The first-order chi connectivity index (χ1) is 10.1. The summed E-state index contributed by atoms with van der Waals surface area (Å²) in [5.41, 5.74) is 0.592. The molecule has 0 aromatic carbocycles. The van der Waals surface area contributed by atoms with Crippen LogP contribution in [0.2, 0.25) is 50.4 Å². The molecule has 0 aliphatic carbocycles. The van der Waals surface area contributed by atoms with Crippen LogP contribution in [0.1, 0.15) is 20.8 Å². The van der Waals surface area contributed by atoms with E-state index in [1.54, 1.807) is 0 Å². The SMILES string of the molecule is CCO[Si](C)(CC[Si]1(C)O[Si](C)O[Si](C)O[Si](C)O1)C(C)C. The van der Waals surface area contributed by atoms with E-state index in [9.17, 15) is 0 Å². The Hall–Kier alpha value is 0.884. The molecule has 0 N–H and O–H groups in total. The molecule has 0 saturated carbocycles. The van der Waals surface area contributed by atoms with Crippen molar-refractivity contribution in [2.45, 2.75) is 71.1 Å². The second-order valence-electron chi connectivity index (χ2n) is 6.42. The first kappa shape index (κ1) is 20.9. The molecule has 129 valence electrons. The van der Waals surface area contributed by atoms with E-state index in [-0.39, 0.29) is 0 Å². The van der Waals surface area contributed by atoms with Crippen LogP contribution in [-0.4, -0.2) is 51.3 Å². The highest BCUT2D eigenvalue weighted by atomic mass is 28.5. The molecule has 1 rings (SSSR count). The van der Waals surface area contributed by atoms with Gasteiger partial charge in [0.25, 0.3) is 0 Å². The van der Waals surface area contributed by atoms with Gasteiger partial charge >= 0.3 is 36.4 Å². The molecule has 1 unspecified atom stereocenters. The van der Waals surface area contributed by atoms with Gasteiger partial charge in [-0.05, 0) is 57.3 Å². The molecule has 0 amide bonds. The summed E-state index contributed by atoms with van der Waals surface area (Å²) in [5.74, 6) is 0. The van der Waals surface area contributed by atoms with E-state index in [1.807, 2.05) is 19.6 Å². The van der Waals surface area contributed by atoms with Crippen molar-refractivity contribution in [3.8, 4) is 0 Å². The molecule has 1 aliphatic heterocycles. The lowest BCUT2D eigenvalue weighted by Gasteiger charge is -2.38. The minimum Gasteiger partial charge on any atom is -0.417 e. The van der Waals surface area contributed by atoms with Gasteiger partial charge in [0.2, 0.25) is 0 Å². The van der Waals surface area contributed by atoms with E-state index in [0.717, 1.165) is 18.7 Å². The molecule has 0 aromatic heterocycles. The molecule has 5 nitrogen and oxygen atoms in total. The van der Waals surface area contributed by atoms with Crippen molar-refractivity contribution in [2.24, 2.45) is 0 Å². The van der Waals surface area contributed by atoms with E-state index in [0.29, 0.717) is 5.54 Å². The zero-order valence-corrected chi connectivity index (χ0v) is 20.2. The average molecular weight is 396 g/mol. The van der Waals surface area contributed by atoms with Gasteiger partial charge in [-0.3, -0.25) is 0 Å². The van der Waals surface area contributed by atoms with Gasteiger partial charge in [-0.15, -0.1) is 0 Å². The summed E-state index contributed by atoms with van der Waals surface area (Å²) in [6.45, 7) is 18.0. The molecule has 1 aliphatic rings. The zero-order chi connectivity index (χ0) is 17.0. The quantitative estimate of drug-likeness (QED) is 0.644. The van der Waals surface area contributed by atoms with Crippen molar-refractivity contribution >= 4 is 44.7 Å². The number of rotatable bonds is 6. The van der Waals surface area contributed by atoms with Gasteiger partial charge in [0.1, 0.15) is 0 Å². The Morgan fingerprint density at radius 2 is 1.55 bits per heavy atom. The van der Waals surface area contributed by atoms with Gasteiger partial charge in [-0.1, -0.05) is 13.8 Å². The molecule has 0 bridgehead atoms. The highest BCUT2D eigenvalue weighted by Gasteiger charge is 2.44. The van der Waals surface area contributed by atoms with Crippen molar-refractivity contribution in [3.05, 3.63) is 0 Å². The highest BCUT2D eigenvalue weighted by Crippen LogP contribution is 2.32. The van der Waals surface area contributed by atoms with Gasteiger partial charge in [0.05, 0.1) is 0 Å². The fourth-order valence-electron chi connectivity index (χ4n) is 2.53. The van der Waals surface area contributed by atoms with Crippen molar-refractivity contribution in [1.82, 2.24) is 0 Å². The fraction of sp³-hybridized carbons (Fsp3) is 1.00. The van der Waals surface area contributed by atoms with Crippen LogP contribution in [0.15, 0.2) is 0 Å². The minimum atomic E-state index is -2.25. The van der Waals surface area contributed by atoms with Gasteiger partial charge in [-0.25, -0.2) is 0 Å². The van der Waals surface area contributed by atoms with E-state index < -0.39 is 44.7 Å². The molecule has 0 spiro atoms. The number of hydrogen-bond donors (Lipinski definition) is 0. The lowest BCUT2D eigenvalue weighted by molar-refractivity contribution is 0.273. The molecule has 10 heteroatoms. The highest BCUT2D eigenvalue weighted by molar-refractivity contribution is 6.83. The first-order valence-corrected chi connectivity index (χ1v) is 18.6. The van der Waals surface area contributed by atoms with Gasteiger partial charge in [0.15, 0.2) is 8.32 Å². The van der Waals surface area contributed by atoms with Crippen molar-refractivity contribution in [2.75, 3.05) is 6.61 Å². The van der Waals surface area contributed by atoms with Crippen LogP contribution in [0.3, 0.4) is 0 Å². The maximum Gasteiger partial charge on any atom is 0.362 e. The summed E-state index contributed by atoms with van der Waals surface area (Å²) in [7, 11) is -7.75. The molecule has 0 aromatic rings. The summed E-state index contributed by atoms with van der Waals surface area (Å²) < 4.78 is 30.6. The van der Waals surface area contributed by atoms with E-state index in [2.05, 4.69) is 33.9 Å². The van der Waals surface area contributed by atoms with Crippen LogP contribution in [0.25, 0.3) is 0 Å². The van der Waals surface area contributed by atoms with Gasteiger partial charge in [-0.2, -0.15) is 0 Å². The Morgan fingerprint density at radius 1 is 1.05 bits per heavy atom. The normalized spacial score (nSPS) is 25.0. The van der Waals surface area contributed by atoms with Crippen molar-refractivity contribution < 1.29 is 20.9 Å². The summed E-state index contributed by atoms with van der Waals surface area (Å²) in [6.07, 6.45) is 0. The van der Waals surface area contributed by atoms with Crippen LogP contribution < -0.4 is 0 Å². The van der Waals surface area contributed by atoms with Crippen LogP contribution in [-0.2, 0) is 20.9 Å². The molecule has 3 radical (unpaired) electrons. The Kier molecular flexibility index (Phi) is 8.40. The second kappa shape index (κ2) is 8.83. The van der Waals surface area contributed by atoms with Crippen molar-refractivity contribution in [1.29, 1.82) is 0 Å². The molecule has 1 fully saturated rings. The average Bonchev–Trinajstić information content (AvgIpc) is 2.34. The summed E-state index contributed by atoms with van der Waals surface area (Å²) in [5, 5.41) is 0. The topological polar surface area (TPSA) is 46.2 Å². The Morgan fingerprint density at radius 3 is 1.95 bits per heavy atom. The van der Waals surface area contributed by atoms with E-state index >= 15 is 0 Å². The smallest absolute Gasteiger partial charge is 0.362 e. The van der Waals surface area contributed by atoms with Gasteiger partial charge < -0.3 is 20.9 Å². The maximum absolute atomic E-state index is 6.31. The van der Waals surface area contributed by atoms with Crippen molar-refractivity contribution in [3.63, 3.8) is 0 Å². The lowest BCUT2D eigenvalue weighted by Crippen LogP contribution is -2.54. The second-order valence-corrected chi connectivity index (χ2v) is 20.0. The summed E-state index contributed by atoms with van der Waals surface area (Å²) >= 11 is 0. The van der Waals surface area contributed by atoms with Crippen LogP contribution in [0.4, 0.5) is 0 Å². The van der Waals surface area contributed by atoms with Crippen LogP contribution in [0.5, 0.6) is 0 Å². The summed E-state index contributed by atoms with van der Waals surface area (Å²) in [6, 6.07) is 2.05. The monoisotopic (exact) mass is 395 g/mol. The molecular weight excluding hydrogens is 365 g/mol. The van der Waals surface area contributed by atoms with E-state index in [4.69, 9.17) is 20.9 Å². The number of hydrogen-bond acceptors (Lipinski definition) is 5. The molecule has 1 saturated heterocycles. The fourth-order valence-corrected chi connectivity index (χ4v) is 19.1. The molecule has 22 heavy (non-hydrogen) atoms. The Bertz CT molecular complexity index is 334. The lowest BCUT2D eigenvalue weighted by atomic mass is 10.6. The Balaban J connectivity index is 2.74.